The Balaban J connectivity index is 1.57. The van der Waals surface area contributed by atoms with Gasteiger partial charge in [-0.25, -0.2) is 4.39 Å². The van der Waals surface area contributed by atoms with E-state index in [1.807, 2.05) is 35.2 Å². The first-order valence-electron chi connectivity index (χ1n) is 8.64. The van der Waals surface area contributed by atoms with Crippen LogP contribution in [0.5, 0.6) is 0 Å². The topological polar surface area (TPSA) is 52.6 Å². The Kier molecular flexibility index (Phi) is 5.79. The summed E-state index contributed by atoms with van der Waals surface area (Å²) in [5, 5.41) is 13.3. The van der Waals surface area contributed by atoms with Crippen LogP contribution in [-0.4, -0.2) is 35.5 Å². The number of piperidine rings is 1. The maximum Gasteiger partial charge on any atom is 0.228 e. The highest BCUT2D eigenvalue weighted by atomic mass is 19.1. The second-order valence-electron chi connectivity index (χ2n) is 6.49. The number of hydrogen-bond acceptors (Lipinski definition) is 3. The molecule has 1 aliphatic heterocycles. The largest absolute Gasteiger partial charge is 0.387 e. The molecule has 4 nitrogen and oxygen atoms in total. The summed E-state index contributed by atoms with van der Waals surface area (Å²) in [5.74, 6) is -0.525. The van der Waals surface area contributed by atoms with Crippen molar-refractivity contribution in [3.05, 3.63) is 66.0 Å². The molecule has 0 radical (unpaired) electrons. The number of β-amino-alcohol motifs (C(OH)–C–C–N with tert-alkyl or cyclic N) is 1. The van der Waals surface area contributed by atoms with Crippen molar-refractivity contribution < 1.29 is 14.3 Å². The van der Waals surface area contributed by atoms with Gasteiger partial charge in [-0.3, -0.25) is 9.69 Å². The molecule has 1 saturated heterocycles. The van der Waals surface area contributed by atoms with Crippen LogP contribution in [0, 0.1) is 11.7 Å². The fourth-order valence-corrected chi connectivity index (χ4v) is 3.29. The Hall–Kier alpha value is -2.24. The summed E-state index contributed by atoms with van der Waals surface area (Å²) in [6, 6.07) is 15.7. The number of likely N-dealkylation sites (tertiary alicyclic amines) is 1. The van der Waals surface area contributed by atoms with Crippen LogP contribution in [0.2, 0.25) is 0 Å². The Morgan fingerprint density at radius 1 is 1.20 bits per heavy atom. The van der Waals surface area contributed by atoms with Gasteiger partial charge in [0.2, 0.25) is 5.91 Å². The first kappa shape index (κ1) is 17.6. The minimum absolute atomic E-state index is 0.00344. The summed E-state index contributed by atoms with van der Waals surface area (Å²) in [6.07, 6.45) is 0.819. The van der Waals surface area contributed by atoms with E-state index >= 15 is 0 Å². The van der Waals surface area contributed by atoms with Crippen molar-refractivity contribution in [2.45, 2.75) is 18.9 Å². The van der Waals surface area contributed by atoms with Crippen LogP contribution in [-0.2, 0) is 4.79 Å². The summed E-state index contributed by atoms with van der Waals surface area (Å²) in [7, 11) is 0. The number of amides is 1. The molecular formula is C20H23FN2O2. The van der Waals surface area contributed by atoms with Crippen LogP contribution in [0.15, 0.2) is 54.6 Å². The highest BCUT2D eigenvalue weighted by Crippen LogP contribution is 2.23. The fraction of sp³-hybridized carbons (Fsp3) is 0.350. The van der Waals surface area contributed by atoms with E-state index in [0.717, 1.165) is 25.1 Å². The normalized spacial score (nSPS) is 19.4. The number of carbonyl (C=O) groups excluding carboxylic acids is 1. The summed E-state index contributed by atoms with van der Waals surface area (Å²) < 4.78 is 13.8. The molecule has 2 aromatic carbocycles. The van der Waals surface area contributed by atoms with Crippen molar-refractivity contribution in [1.29, 1.82) is 0 Å². The lowest BCUT2D eigenvalue weighted by molar-refractivity contribution is -0.121. The number of carbonyl (C=O) groups is 1. The molecule has 1 amide bonds. The zero-order valence-corrected chi connectivity index (χ0v) is 14.1. The molecule has 1 fully saturated rings. The van der Waals surface area contributed by atoms with Crippen LogP contribution in [0.4, 0.5) is 10.1 Å². The highest BCUT2D eigenvalue weighted by Gasteiger charge is 2.27. The molecule has 1 heterocycles. The maximum atomic E-state index is 13.8. The van der Waals surface area contributed by atoms with Gasteiger partial charge in [-0.15, -0.1) is 0 Å². The number of nitrogens with one attached hydrogen (secondary N) is 1. The molecule has 25 heavy (non-hydrogen) atoms. The van der Waals surface area contributed by atoms with Gasteiger partial charge in [0.1, 0.15) is 5.82 Å². The Labute approximate surface area is 147 Å². The number of aliphatic hydroxyl groups excluding tert-OH is 1. The zero-order chi connectivity index (χ0) is 17.6. The first-order valence-corrected chi connectivity index (χ1v) is 8.64. The average molecular weight is 342 g/mol. The monoisotopic (exact) mass is 342 g/mol. The van der Waals surface area contributed by atoms with Crippen molar-refractivity contribution in [2.75, 3.05) is 25.0 Å². The van der Waals surface area contributed by atoms with Crippen molar-refractivity contribution >= 4 is 11.6 Å². The summed E-state index contributed by atoms with van der Waals surface area (Å²) in [4.78, 5) is 14.5. The number of hydrogen-bond donors (Lipinski definition) is 2. The number of para-hydroxylation sites is 1. The summed E-state index contributed by atoms with van der Waals surface area (Å²) in [6.45, 7) is 1.71. The van der Waals surface area contributed by atoms with Gasteiger partial charge in [-0.1, -0.05) is 36.4 Å². The van der Waals surface area contributed by atoms with Crippen molar-refractivity contribution in [1.82, 2.24) is 4.90 Å². The Morgan fingerprint density at radius 2 is 1.92 bits per heavy atom. The predicted molar refractivity (Wildman–Crippen MR) is 95.6 cm³/mol. The van der Waals surface area contributed by atoms with E-state index in [4.69, 9.17) is 0 Å². The lowest BCUT2D eigenvalue weighted by atomic mass is 9.96. The van der Waals surface area contributed by atoms with Crippen LogP contribution >= 0.6 is 0 Å². The minimum atomic E-state index is -0.892. The quantitative estimate of drug-likeness (QED) is 0.877. The number of rotatable bonds is 5. The Bertz CT molecular complexity index is 708. The Morgan fingerprint density at radius 3 is 2.68 bits per heavy atom. The molecule has 132 valence electrons. The van der Waals surface area contributed by atoms with E-state index in [1.54, 1.807) is 18.2 Å². The van der Waals surface area contributed by atoms with E-state index in [1.165, 1.54) is 6.07 Å². The zero-order valence-electron chi connectivity index (χ0n) is 14.1. The van der Waals surface area contributed by atoms with E-state index in [-0.39, 0.29) is 11.8 Å². The third kappa shape index (κ3) is 4.65. The van der Waals surface area contributed by atoms with Gasteiger partial charge in [0.05, 0.1) is 12.0 Å². The van der Waals surface area contributed by atoms with Gasteiger partial charge in [-0.05, 0) is 37.6 Å². The van der Waals surface area contributed by atoms with E-state index < -0.39 is 11.9 Å². The smallest absolute Gasteiger partial charge is 0.228 e. The lowest BCUT2D eigenvalue weighted by Gasteiger charge is -2.33. The molecule has 0 spiro atoms. The number of benzene rings is 2. The lowest BCUT2D eigenvalue weighted by Crippen LogP contribution is -2.42. The molecule has 1 aliphatic rings. The van der Waals surface area contributed by atoms with Gasteiger partial charge in [0.25, 0.3) is 0 Å². The number of halogens is 1. The van der Waals surface area contributed by atoms with Crippen LogP contribution in [0.25, 0.3) is 0 Å². The van der Waals surface area contributed by atoms with Gasteiger partial charge in [0.15, 0.2) is 0 Å². The molecule has 2 aromatic rings. The van der Waals surface area contributed by atoms with E-state index in [9.17, 15) is 14.3 Å². The highest BCUT2D eigenvalue weighted by molar-refractivity contribution is 5.92. The number of anilines is 1. The molecule has 0 aromatic heterocycles. The molecule has 3 rings (SSSR count). The van der Waals surface area contributed by atoms with Crippen LogP contribution < -0.4 is 5.32 Å². The second-order valence-corrected chi connectivity index (χ2v) is 6.49. The van der Waals surface area contributed by atoms with Crippen molar-refractivity contribution in [2.24, 2.45) is 5.92 Å². The van der Waals surface area contributed by atoms with Gasteiger partial charge >= 0.3 is 0 Å². The molecule has 2 N–H and O–H groups in total. The van der Waals surface area contributed by atoms with Crippen LogP contribution in [0.3, 0.4) is 0 Å². The molecule has 5 heteroatoms. The maximum absolute atomic E-state index is 13.8. The van der Waals surface area contributed by atoms with Crippen molar-refractivity contribution in [3.8, 4) is 0 Å². The minimum Gasteiger partial charge on any atom is -0.387 e. The predicted octanol–water partition coefficient (Wildman–Crippen LogP) is 3.21. The molecule has 0 saturated carbocycles. The fourth-order valence-electron chi connectivity index (χ4n) is 3.29. The van der Waals surface area contributed by atoms with Crippen LogP contribution in [0.1, 0.15) is 24.5 Å². The third-order valence-corrected chi connectivity index (χ3v) is 4.61. The van der Waals surface area contributed by atoms with Gasteiger partial charge in [0, 0.05) is 24.3 Å². The molecule has 2 atom stereocenters. The summed E-state index contributed by atoms with van der Waals surface area (Å²) in [5.41, 5.74) is 1.09. The standard InChI is InChI=1S/C20H23FN2O2/c21-18-11-5-4-10-17(18)19(24)14-23-12-6-7-15(13-23)20(25)22-16-8-2-1-3-9-16/h1-5,8-11,15,19,24H,6-7,12-14H2,(H,22,25). The molecular weight excluding hydrogens is 319 g/mol. The molecule has 0 aliphatic carbocycles. The van der Waals surface area contributed by atoms with Gasteiger partial charge < -0.3 is 10.4 Å². The average Bonchev–Trinajstić information content (AvgIpc) is 2.63. The number of nitrogens with zero attached hydrogens (tertiary/aromatic N) is 1. The van der Waals surface area contributed by atoms with Crippen molar-refractivity contribution in [3.63, 3.8) is 0 Å². The second kappa shape index (κ2) is 8.23. The van der Waals surface area contributed by atoms with Gasteiger partial charge in [-0.2, -0.15) is 0 Å². The third-order valence-electron chi connectivity index (χ3n) is 4.61. The SMILES string of the molecule is O=C(Nc1ccccc1)C1CCCN(CC(O)c2ccccc2F)C1. The number of aliphatic hydroxyl groups is 1. The molecule has 2 unspecified atom stereocenters. The van der Waals surface area contributed by atoms with E-state index in [2.05, 4.69) is 5.32 Å². The summed E-state index contributed by atoms with van der Waals surface area (Å²) >= 11 is 0. The molecule has 0 bridgehead atoms. The van der Waals surface area contributed by atoms with E-state index in [0.29, 0.717) is 18.7 Å². The first-order chi connectivity index (χ1) is 12.1.